The fourth-order valence-corrected chi connectivity index (χ4v) is 2.36. The van der Waals surface area contributed by atoms with E-state index in [0.717, 1.165) is 5.69 Å². The summed E-state index contributed by atoms with van der Waals surface area (Å²) in [6.07, 6.45) is 1.70. The summed E-state index contributed by atoms with van der Waals surface area (Å²) in [7, 11) is 1.79. The van der Waals surface area contributed by atoms with Crippen molar-refractivity contribution in [3.05, 3.63) is 24.5 Å². The molecule has 0 atom stereocenters. The normalized spacial score (nSPS) is 15.3. The molecule has 3 heterocycles. The highest BCUT2D eigenvalue weighted by atomic mass is 16.2. The number of carbonyl (C=O) groups is 1. The molecule has 0 saturated carbocycles. The summed E-state index contributed by atoms with van der Waals surface area (Å²) in [5, 5.41) is 8.10. The average Bonchev–Trinajstić information content (AvgIpc) is 3.08. The van der Waals surface area contributed by atoms with Gasteiger partial charge >= 0.3 is 6.03 Å². The Kier molecular flexibility index (Phi) is 3.32. The summed E-state index contributed by atoms with van der Waals surface area (Å²) < 4.78 is 1.96. The van der Waals surface area contributed by atoms with E-state index in [0.29, 0.717) is 24.7 Å². The van der Waals surface area contributed by atoms with Gasteiger partial charge in [0.05, 0.1) is 0 Å². The summed E-state index contributed by atoms with van der Waals surface area (Å²) >= 11 is 0. The van der Waals surface area contributed by atoms with Gasteiger partial charge in [-0.15, -0.1) is 10.2 Å². The fourth-order valence-electron chi connectivity index (χ4n) is 2.36. The van der Waals surface area contributed by atoms with Crippen LogP contribution in [0, 0.1) is 0 Å². The minimum Gasteiger partial charge on any atom is -0.326 e. The summed E-state index contributed by atoms with van der Waals surface area (Å²) in [6.45, 7) is 5.50. The Bertz CT molecular complexity index is 665. The third-order valence-electron chi connectivity index (χ3n) is 3.59. The molecule has 1 saturated heterocycles. The molecule has 110 valence electrons. The molecule has 0 aliphatic carbocycles. The maximum Gasteiger partial charge on any atom is 0.325 e. The highest BCUT2D eigenvalue weighted by Gasteiger charge is 2.27. The van der Waals surface area contributed by atoms with Crippen LogP contribution in [0.25, 0.3) is 11.5 Å². The number of anilines is 1. The molecule has 2 aromatic heterocycles. The first-order chi connectivity index (χ1) is 10.1. The largest absolute Gasteiger partial charge is 0.326 e. The smallest absolute Gasteiger partial charge is 0.325 e. The number of amides is 2. The maximum absolute atomic E-state index is 12.1. The number of rotatable bonds is 3. The number of nitrogens with zero attached hydrogens (tertiary/aromatic N) is 6. The Hall–Kier alpha value is -2.44. The van der Waals surface area contributed by atoms with Crippen LogP contribution in [0.4, 0.5) is 10.6 Å². The Morgan fingerprint density at radius 2 is 2.05 bits per heavy atom. The number of aromatic nitrogens is 4. The molecule has 7 nitrogen and oxygen atoms in total. The van der Waals surface area contributed by atoms with Gasteiger partial charge in [-0.25, -0.2) is 9.78 Å². The zero-order valence-electron chi connectivity index (χ0n) is 12.4. The van der Waals surface area contributed by atoms with Gasteiger partial charge < -0.3 is 9.47 Å². The second kappa shape index (κ2) is 5.16. The van der Waals surface area contributed by atoms with E-state index in [-0.39, 0.29) is 12.1 Å². The molecule has 0 N–H and O–H groups in total. The first-order valence-corrected chi connectivity index (χ1v) is 6.97. The van der Waals surface area contributed by atoms with Gasteiger partial charge in [-0.3, -0.25) is 4.90 Å². The minimum atomic E-state index is -0.0232. The fraction of sp³-hybridized carbons (Fsp3) is 0.429. The number of urea groups is 1. The lowest BCUT2D eigenvalue weighted by Crippen LogP contribution is -2.29. The molecule has 0 bridgehead atoms. The molecule has 0 aromatic carbocycles. The SMILES string of the molecule is CC(C)n1cnnc1-c1cccc(N2CCN(C)C2=O)n1. The summed E-state index contributed by atoms with van der Waals surface area (Å²) in [4.78, 5) is 20.0. The summed E-state index contributed by atoms with van der Waals surface area (Å²) in [6, 6.07) is 5.85. The number of hydrogen-bond donors (Lipinski definition) is 0. The highest BCUT2D eigenvalue weighted by molar-refractivity contribution is 5.93. The van der Waals surface area contributed by atoms with Crippen LogP contribution in [-0.2, 0) is 0 Å². The monoisotopic (exact) mass is 286 g/mol. The van der Waals surface area contributed by atoms with Crippen molar-refractivity contribution in [1.82, 2.24) is 24.6 Å². The number of likely N-dealkylation sites (N-methyl/N-ethyl adjacent to an activating group) is 1. The molecule has 7 heteroatoms. The predicted octanol–water partition coefficient (Wildman–Crippen LogP) is 1.79. The molecule has 1 aliphatic rings. The van der Waals surface area contributed by atoms with E-state index < -0.39 is 0 Å². The number of pyridine rings is 1. The second-order valence-electron chi connectivity index (χ2n) is 5.39. The molecule has 2 aromatic rings. The lowest BCUT2D eigenvalue weighted by Gasteiger charge is -2.16. The van der Waals surface area contributed by atoms with Gasteiger partial charge in [0, 0.05) is 26.2 Å². The lowest BCUT2D eigenvalue weighted by molar-refractivity contribution is 0.229. The first kappa shape index (κ1) is 13.5. The predicted molar refractivity (Wildman–Crippen MR) is 79.0 cm³/mol. The highest BCUT2D eigenvalue weighted by Crippen LogP contribution is 2.23. The molecule has 0 radical (unpaired) electrons. The Morgan fingerprint density at radius 1 is 1.24 bits per heavy atom. The van der Waals surface area contributed by atoms with Gasteiger partial charge in [-0.2, -0.15) is 0 Å². The molecule has 3 rings (SSSR count). The standard InChI is InChI=1S/C14H18N6O/c1-10(2)20-9-15-17-13(20)11-5-4-6-12(16-11)19-8-7-18(3)14(19)21/h4-6,9-10H,7-8H2,1-3H3. The first-order valence-electron chi connectivity index (χ1n) is 6.97. The van der Waals surface area contributed by atoms with Crippen LogP contribution >= 0.6 is 0 Å². The van der Waals surface area contributed by atoms with Crippen molar-refractivity contribution in [3.63, 3.8) is 0 Å². The maximum atomic E-state index is 12.1. The van der Waals surface area contributed by atoms with E-state index in [1.165, 1.54) is 0 Å². The Morgan fingerprint density at radius 3 is 2.71 bits per heavy atom. The van der Waals surface area contributed by atoms with E-state index in [1.54, 1.807) is 23.2 Å². The van der Waals surface area contributed by atoms with Gasteiger partial charge in [0.15, 0.2) is 5.82 Å². The zero-order valence-corrected chi connectivity index (χ0v) is 12.4. The van der Waals surface area contributed by atoms with Crippen molar-refractivity contribution < 1.29 is 4.79 Å². The van der Waals surface area contributed by atoms with Crippen LogP contribution < -0.4 is 4.90 Å². The van der Waals surface area contributed by atoms with E-state index in [1.807, 2.05) is 22.8 Å². The van der Waals surface area contributed by atoms with E-state index in [4.69, 9.17) is 0 Å². The van der Waals surface area contributed by atoms with E-state index >= 15 is 0 Å². The van der Waals surface area contributed by atoms with Gasteiger partial charge in [0.2, 0.25) is 0 Å². The molecule has 1 fully saturated rings. The zero-order chi connectivity index (χ0) is 15.0. The van der Waals surface area contributed by atoms with Gasteiger partial charge in [0.25, 0.3) is 0 Å². The van der Waals surface area contributed by atoms with Crippen molar-refractivity contribution in [2.24, 2.45) is 0 Å². The van der Waals surface area contributed by atoms with Crippen LogP contribution in [0.2, 0.25) is 0 Å². The van der Waals surface area contributed by atoms with Crippen molar-refractivity contribution in [3.8, 4) is 11.5 Å². The van der Waals surface area contributed by atoms with Crippen molar-refractivity contribution in [2.75, 3.05) is 25.0 Å². The third kappa shape index (κ3) is 2.35. The lowest BCUT2D eigenvalue weighted by atomic mass is 10.3. The van der Waals surface area contributed by atoms with Crippen LogP contribution in [0.5, 0.6) is 0 Å². The van der Waals surface area contributed by atoms with Crippen LogP contribution in [0.15, 0.2) is 24.5 Å². The molecule has 0 spiro atoms. The molecule has 21 heavy (non-hydrogen) atoms. The molecule has 2 amide bonds. The third-order valence-corrected chi connectivity index (χ3v) is 3.59. The molecule has 1 aliphatic heterocycles. The molecular weight excluding hydrogens is 268 g/mol. The molecule has 0 unspecified atom stereocenters. The van der Waals surface area contributed by atoms with Gasteiger partial charge in [-0.1, -0.05) is 6.07 Å². The second-order valence-corrected chi connectivity index (χ2v) is 5.39. The molecular formula is C14H18N6O. The quantitative estimate of drug-likeness (QED) is 0.862. The summed E-state index contributed by atoms with van der Waals surface area (Å²) in [5.74, 6) is 1.37. The Balaban J connectivity index is 1.97. The van der Waals surface area contributed by atoms with Crippen LogP contribution in [-0.4, -0.2) is 50.8 Å². The average molecular weight is 286 g/mol. The van der Waals surface area contributed by atoms with E-state index in [2.05, 4.69) is 29.0 Å². The number of hydrogen-bond acceptors (Lipinski definition) is 4. The van der Waals surface area contributed by atoms with Crippen molar-refractivity contribution in [2.45, 2.75) is 19.9 Å². The van der Waals surface area contributed by atoms with Gasteiger partial charge in [-0.05, 0) is 26.0 Å². The minimum absolute atomic E-state index is 0.0232. The van der Waals surface area contributed by atoms with Crippen molar-refractivity contribution in [1.29, 1.82) is 0 Å². The Labute approximate surface area is 123 Å². The van der Waals surface area contributed by atoms with E-state index in [9.17, 15) is 4.79 Å². The van der Waals surface area contributed by atoms with Crippen LogP contribution in [0.3, 0.4) is 0 Å². The van der Waals surface area contributed by atoms with Gasteiger partial charge in [0.1, 0.15) is 17.8 Å². The van der Waals surface area contributed by atoms with Crippen molar-refractivity contribution >= 4 is 11.8 Å². The topological polar surface area (TPSA) is 67.2 Å². The number of carbonyl (C=O) groups excluding carboxylic acids is 1. The summed E-state index contributed by atoms with van der Waals surface area (Å²) in [5.41, 5.74) is 0.723. The van der Waals surface area contributed by atoms with Crippen LogP contribution in [0.1, 0.15) is 19.9 Å².